The molecule has 1 N–H and O–H groups in total. The lowest BCUT2D eigenvalue weighted by Gasteiger charge is -2.37. The second-order valence-electron chi connectivity index (χ2n) is 5.16. The van der Waals surface area contributed by atoms with E-state index >= 15 is 0 Å². The Bertz CT molecular complexity index is 200. The predicted octanol–water partition coefficient (Wildman–Crippen LogP) is 1.69. The molecule has 2 heteroatoms. The summed E-state index contributed by atoms with van der Waals surface area (Å²) >= 11 is 0. The highest BCUT2D eigenvalue weighted by Crippen LogP contribution is 2.36. The van der Waals surface area contributed by atoms with Gasteiger partial charge in [-0.2, -0.15) is 0 Å². The predicted molar refractivity (Wildman–Crippen MR) is 51.6 cm³/mol. The number of nitrogens with one attached hydrogen (secondary N) is 1. The molecule has 0 amide bonds. The van der Waals surface area contributed by atoms with Gasteiger partial charge in [0.1, 0.15) is 0 Å². The quantitative estimate of drug-likeness (QED) is 0.700. The van der Waals surface area contributed by atoms with Crippen molar-refractivity contribution < 1.29 is 4.74 Å². The molecule has 2 nitrogen and oxygen atoms in total. The van der Waals surface area contributed by atoms with Crippen molar-refractivity contribution in [1.82, 2.24) is 5.32 Å². The minimum atomic E-state index is 0.556. The highest BCUT2D eigenvalue weighted by Gasteiger charge is 2.42. The molecule has 3 rings (SSSR count). The molecule has 0 radical (unpaired) electrons. The highest BCUT2D eigenvalue weighted by atomic mass is 16.5. The fraction of sp³-hybridized carbons (Fsp3) is 1.00. The highest BCUT2D eigenvalue weighted by molar-refractivity contribution is 4.97. The van der Waals surface area contributed by atoms with Gasteiger partial charge in [0, 0.05) is 12.1 Å². The molecule has 0 spiro atoms. The van der Waals surface area contributed by atoms with Crippen LogP contribution in [0.15, 0.2) is 0 Å². The average molecular weight is 181 g/mol. The van der Waals surface area contributed by atoms with Crippen molar-refractivity contribution in [3.8, 4) is 0 Å². The van der Waals surface area contributed by atoms with Gasteiger partial charge in [-0.3, -0.25) is 0 Å². The summed E-state index contributed by atoms with van der Waals surface area (Å²) in [6.07, 6.45) is 7.80. The summed E-state index contributed by atoms with van der Waals surface area (Å²) in [6.45, 7) is 2.34. The van der Waals surface area contributed by atoms with E-state index in [-0.39, 0.29) is 0 Å². The zero-order valence-electron chi connectivity index (χ0n) is 8.33. The minimum absolute atomic E-state index is 0.556. The van der Waals surface area contributed by atoms with Gasteiger partial charge in [-0.15, -0.1) is 0 Å². The van der Waals surface area contributed by atoms with Crippen LogP contribution in [0.2, 0.25) is 0 Å². The van der Waals surface area contributed by atoms with Crippen LogP contribution in [-0.2, 0) is 4.74 Å². The maximum absolute atomic E-state index is 5.82. The Morgan fingerprint density at radius 3 is 2.54 bits per heavy atom. The monoisotopic (exact) mass is 181 g/mol. The van der Waals surface area contributed by atoms with Gasteiger partial charge < -0.3 is 10.1 Å². The maximum atomic E-state index is 5.82. The van der Waals surface area contributed by atoms with Crippen molar-refractivity contribution in [1.29, 1.82) is 0 Å². The van der Waals surface area contributed by atoms with Crippen LogP contribution in [0.3, 0.4) is 0 Å². The number of hydrogen-bond donors (Lipinski definition) is 1. The number of hydrogen-bond acceptors (Lipinski definition) is 2. The van der Waals surface area contributed by atoms with Crippen LogP contribution in [-0.4, -0.2) is 24.3 Å². The van der Waals surface area contributed by atoms with Gasteiger partial charge in [0.2, 0.25) is 0 Å². The molecule has 0 unspecified atom stereocenters. The molecule has 0 aromatic rings. The standard InChI is InChI=1S/C11H19NO/c1-7-4-8(5-7)12-10-6-9-2-3-11(10)13-9/h7-12H,2-6H2,1H3/t7?,8?,9-,10-,11+/m1/s1. The maximum Gasteiger partial charge on any atom is 0.0733 e. The molecule has 3 aliphatic rings. The zero-order chi connectivity index (χ0) is 8.84. The van der Waals surface area contributed by atoms with Crippen molar-refractivity contribution in [3.63, 3.8) is 0 Å². The van der Waals surface area contributed by atoms with Crippen molar-refractivity contribution in [3.05, 3.63) is 0 Å². The van der Waals surface area contributed by atoms with Crippen LogP contribution in [0.1, 0.15) is 39.0 Å². The Labute approximate surface area is 80.0 Å². The van der Waals surface area contributed by atoms with Crippen LogP contribution < -0.4 is 5.32 Å². The molecule has 1 saturated carbocycles. The largest absolute Gasteiger partial charge is 0.373 e. The smallest absolute Gasteiger partial charge is 0.0733 e. The Morgan fingerprint density at radius 2 is 2.00 bits per heavy atom. The minimum Gasteiger partial charge on any atom is -0.373 e. The number of ether oxygens (including phenoxy) is 1. The number of rotatable bonds is 2. The molecule has 2 aliphatic heterocycles. The van der Waals surface area contributed by atoms with Crippen LogP contribution in [0, 0.1) is 5.92 Å². The second-order valence-corrected chi connectivity index (χ2v) is 5.16. The summed E-state index contributed by atoms with van der Waals surface area (Å²) in [6, 6.07) is 1.50. The molecule has 0 aromatic carbocycles. The molecule has 3 fully saturated rings. The SMILES string of the molecule is CC1CC(N[C@@H]2C[C@H]3CC[C@@H]2O3)C1. The number of fused-ring (bicyclic) bond motifs is 2. The third kappa shape index (κ3) is 1.40. The van der Waals surface area contributed by atoms with Crippen molar-refractivity contribution >= 4 is 0 Å². The van der Waals surface area contributed by atoms with Gasteiger partial charge in [0.05, 0.1) is 12.2 Å². The summed E-state index contributed by atoms with van der Waals surface area (Å²) in [5.41, 5.74) is 0. The van der Waals surface area contributed by atoms with Crippen molar-refractivity contribution in [2.75, 3.05) is 0 Å². The van der Waals surface area contributed by atoms with E-state index in [1.807, 2.05) is 0 Å². The van der Waals surface area contributed by atoms with Gasteiger partial charge in [-0.1, -0.05) is 6.92 Å². The first kappa shape index (κ1) is 8.25. The molecule has 13 heavy (non-hydrogen) atoms. The molecule has 2 bridgehead atoms. The lowest BCUT2D eigenvalue weighted by molar-refractivity contribution is 0.0917. The topological polar surface area (TPSA) is 21.3 Å². The van der Waals surface area contributed by atoms with E-state index in [1.54, 1.807) is 0 Å². The summed E-state index contributed by atoms with van der Waals surface area (Å²) in [7, 11) is 0. The molecular formula is C11H19NO. The van der Waals surface area contributed by atoms with Crippen LogP contribution in [0.5, 0.6) is 0 Å². The van der Waals surface area contributed by atoms with E-state index in [2.05, 4.69) is 12.2 Å². The summed E-state index contributed by atoms with van der Waals surface area (Å²) in [5, 5.41) is 3.75. The molecule has 1 aliphatic carbocycles. The third-order valence-corrected chi connectivity index (χ3v) is 3.93. The first-order valence-electron chi connectivity index (χ1n) is 5.73. The molecule has 2 saturated heterocycles. The van der Waals surface area contributed by atoms with E-state index in [0.717, 1.165) is 12.0 Å². The van der Waals surface area contributed by atoms with Gasteiger partial charge >= 0.3 is 0 Å². The normalized spacial score (nSPS) is 53.8. The molecule has 74 valence electrons. The van der Waals surface area contributed by atoms with Crippen molar-refractivity contribution in [2.45, 2.75) is 63.3 Å². The van der Waals surface area contributed by atoms with E-state index in [0.29, 0.717) is 18.2 Å². The Morgan fingerprint density at radius 1 is 1.15 bits per heavy atom. The van der Waals surface area contributed by atoms with Gasteiger partial charge in [0.25, 0.3) is 0 Å². The second kappa shape index (κ2) is 2.96. The Balaban J connectivity index is 1.51. The molecule has 0 aromatic heterocycles. The first-order chi connectivity index (χ1) is 6.31. The lowest BCUT2D eigenvalue weighted by atomic mass is 9.80. The van der Waals surface area contributed by atoms with E-state index in [4.69, 9.17) is 4.74 Å². The van der Waals surface area contributed by atoms with Crippen LogP contribution >= 0.6 is 0 Å². The van der Waals surface area contributed by atoms with E-state index in [9.17, 15) is 0 Å². The molecular weight excluding hydrogens is 162 g/mol. The van der Waals surface area contributed by atoms with E-state index in [1.165, 1.54) is 32.1 Å². The van der Waals surface area contributed by atoms with Crippen molar-refractivity contribution in [2.24, 2.45) is 5.92 Å². The first-order valence-corrected chi connectivity index (χ1v) is 5.73. The lowest BCUT2D eigenvalue weighted by Crippen LogP contribution is -2.49. The Hall–Kier alpha value is -0.0800. The van der Waals surface area contributed by atoms with E-state index < -0.39 is 0 Å². The van der Waals surface area contributed by atoms with Gasteiger partial charge in [0.15, 0.2) is 0 Å². The zero-order valence-corrected chi connectivity index (χ0v) is 8.33. The fourth-order valence-electron chi connectivity index (χ4n) is 3.15. The summed E-state index contributed by atoms with van der Waals surface area (Å²) in [4.78, 5) is 0. The molecule has 2 heterocycles. The van der Waals surface area contributed by atoms with Crippen LogP contribution in [0.4, 0.5) is 0 Å². The van der Waals surface area contributed by atoms with Gasteiger partial charge in [-0.05, 0) is 38.0 Å². The van der Waals surface area contributed by atoms with Crippen LogP contribution in [0.25, 0.3) is 0 Å². The Kier molecular flexibility index (Phi) is 1.88. The fourth-order valence-corrected chi connectivity index (χ4v) is 3.15. The summed E-state index contributed by atoms with van der Waals surface area (Å²) < 4.78 is 5.82. The average Bonchev–Trinajstić information content (AvgIpc) is 2.62. The molecule has 3 atom stereocenters. The van der Waals surface area contributed by atoms with Gasteiger partial charge in [-0.25, -0.2) is 0 Å². The third-order valence-electron chi connectivity index (χ3n) is 3.93. The summed E-state index contributed by atoms with van der Waals surface area (Å²) in [5.74, 6) is 0.956.